The second-order valence-electron chi connectivity index (χ2n) is 6.39. The molecule has 0 bridgehead atoms. The fourth-order valence-electron chi connectivity index (χ4n) is 3.46. The molecule has 1 aromatic heterocycles. The van der Waals surface area contributed by atoms with Crippen molar-refractivity contribution >= 4 is 11.6 Å². The van der Waals surface area contributed by atoms with Crippen LogP contribution in [0.2, 0.25) is 5.02 Å². The molecule has 1 saturated heterocycles. The molecule has 0 radical (unpaired) electrons. The molecule has 3 aromatic rings. The van der Waals surface area contributed by atoms with Crippen LogP contribution in [0.3, 0.4) is 0 Å². The molecule has 0 saturated carbocycles. The van der Waals surface area contributed by atoms with Gasteiger partial charge in [0.1, 0.15) is 5.75 Å². The lowest BCUT2D eigenvalue weighted by Gasteiger charge is -2.23. The topological polar surface area (TPSA) is 51.4 Å². The fourth-order valence-corrected chi connectivity index (χ4v) is 3.68. The molecule has 1 aliphatic heterocycles. The highest BCUT2D eigenvalue weighted by Gasteiger charge is 2.27. The number of likely N-dealkylation sites (tertiary alicyclic amines) is 1. The molecule has 0 spiro atoms. The van der Waals surface area contributed by atoms with Crippen molar-refractivity contribution in [3.63, 3.8) is 0 Å². The summed E-state index contributed by atoms with van der Waals surface area (Å²) in [6.45, 7) is 1.65. The Morgan fingerprint density at radius 2 is 2.00 bits per heavy atom. The normalized spacial score (nSPS) is 17.5. The van der Waals surface area contributed by atoms with Gasteiger partial charge in [-0.25, -0.2) is 0 Å². The largest absolute Gasteiger partial charge is 0.497 e. The minimum Gasteiger partial charge on any atom is -0.497 e. The first-order valence-corrected chi connectivity index (χ1v) is 9.08. The van der Waals surface area contributed by atoms with Crippen LogP contribution in [0.1, 0.15) is 30.3 Å². The molecule has 1 aliphatic rings. The van der Waals surface area contributed by atoms with Crippen LogP contribution in [-0.2, 0) is 6.54 Å². The van der Waals surface area contributed by atoms with Crippen LogP contribution in [0.25, 0.3) is 11.4 Å². The summed E-state index contributed by atoms with van der Waals surface area (Å²) in [4.78, 5) is 6.92. The molecule has 0 N–H and O–H groups in total. The summed E-state index contributed by atoms with van der Waals surface area (Å²) in [5.41, 5.74) is 2.08. The standard InChI is InChI=1S/C20H20ClN3O2/c1-25-15-10-8-14(9-11-15)18-7-4-12-24(18)13-19-22-20(23-26-19)16-5-2-3-6-17(16)21/h2-3,5-6,8-11,18H,4,7,12-13H2,1H3/t18-/m1/s1. The predicted octanol–water partition coefficient (Wildman–Crippen LogP) is 4.74. The summed E-state index contributed by atoms with van der Waals surface area (Å²) in [7, 11) is 1.68. The number of rotatable bonds is 5. The van der Waals surface area contributed by atoms with Gasteiger partial charge in [-0.15, -0.1) is 0 Å². The molecule has 26 heavy (non-hydrogen) atoms. The van der Waals surface area contributed by atoms with E-state index in [4.69, 9.17) is 20.9 Å². The van der Waals surface area contributed by atoms with Crippen molar-refractivity contribution in [2.45, 2.75) is 25.4 Å². The Labute approximate surface area is 157 Å². The zero-order chi connectivity index (χ0) is 17.9. The highest BCUT2D eigenvalue weighted by molar-refractivity contribution is 6.33. The number of halogens is 1. The summed E-state index contributed by atoms with van der Waals surface area (Å²) in [5.74, 6) is 2.02. The molecule has 6 heteroatoms. The van der Waals surface area contributed by atoms with Crippen molar-refractivity contribution in [3.05, 3.63) is 65.0 Å². The number of ether oxygens (including phenoxy) is 1. The van der Waals surface area contributed by atoms with Crippen LogP contribution in [-0.4, -0.2) is 28.7 Å². The van der Waals surface area contributed by atoms with Gasteiger partial charge >= 0.3 is 0 Å². The fraction of sp³-hybridized carbons (Fsp3) is 0.300. The van der Waals surface area contributed by atoms with E-state index in [0.29, 0.717) is 29.3 Å². The average Bonchev–Trinajstić information content (AvgIpc) is 3.32. The van der Waals surface area contributed by atoms with E-state index in [-0.39, 0.29) is 0 Å². The maximum Gasteiger partial charge on any atom is 0.241 e. The maximum absolute atomic E-state index is 6.22. The Kier molecular flexibility index (Phi) is 4.91. The van der Waals surface area contributed by atoms with E-state index in [1.54, 1.807) is 7.11 Å². The third-order valence-corrected chi connectivity index (χ3v) is 5.12. The lowest BCUT2D eigenvalue weighted by molar-refractivity contribution is 0.212. The lowest BCUT2D eigenvalue weighted by Crippen LogP contribution is -2.22. The van der Waals surface area contributed by atoms with Crippen molar-refractivity contribution in [2.24, 2.45) is 0 Å². The van der Waals surface area contributed by atoms with Gasteiger partial charge in [-0.2, -0.15) is 4.98 Å². The monoisotopic (exact) mass is 369 g/mol. The first-order chi connectivity index (χ1) is 12.7. The number of aromatic nitrogens is 2. The maximum atomic E-state index is 6.22. The highest BCUT2D eigenvalue weighted by atomic mass is 35.5. The minimum atomic E-state index is 0.358. The van der Waals surface area contributed by atoms with Gasteiger partial charge in [-0.3, -0.25) is 4.90 Å². The van der Waals surface area contributed by atoms with Crippen molar-refractivity contribution in [1.82, 2.24) is 15.0 Å². The summed E-state index contributed by atoms with van der Waals surface area (Å²) in [6.07, 6.45) is 2.28. The molecule has 1 atom stereocenters. The van der Waals surface area contributed by atoms with Crippen LogP contribution in [0, 0.1) is 0 Å². The van der Waals surface area contributed by atoms with Crippen molar-refractivity contribution in [1.29, 1.82) is 0 Å². The number of hydrogen-bond donors (Lipinski definition) is 0. The highest BCUT2D eigenvalue weighted by Crippen LogP contribution is 2.34. The average molecular weight is 370 g/mol. The number of hydrogen-bond acceptors (Lipinski definition) is 5. The summed E-state index contributed by atoms with van der Waals surface area (Å²) in [5, 5.41) is 4.72. The second-order valence-corrected chi connectivity index (χ2v) is 6.80. The van der Waals surface area contributed by atoms with Crippen LogP contribution in [0.5, 0.6) is 5.75 Å². The van der Waals surface area contributed by atoms with Gasteiger partial charge in [0.2, 0.25) is 11.7 Å². The minimum absolute atomic E-state index is 0.358. The molecule has 0 aliphatic carbocycles. The Bertz CT molecular complexity index is 879. The molecule has 2 heterocycles. The van der Waals surface area contributed by atoms with Gasteiger partial charge in [0.15, 0.2) is 0 Å². The van der Waals surface area contributed by atoms with Crippen molar-refractivity contribution < 1.29 is 9.26 Å². The summed E-state index contributed by atoms with van der Waals surface area (Å²) < 4.78 is 10.7. The lowest BCUT2D eigenvalue weighted by atomic mass is 10.0. The van der Waals surface area contributed by atoms with Gasteiger partial charge in [0.05, 0.1) is 18.7 Å². The van der Waals surface area contributed by atoms with Gasteiger partial charge < -0.3 is 9.26 Å². The molecular weight excluding hydrogens is 350 g/mol. The van der Waals surface area contributed by atoms with Crippen LogP contribution in [0.15, 0.2) is 53.1 Å². The molecule has 5 nitrogen and oxygen atoms in total. The van der Waals surface area contributed by atoms with E-state index in [1.165, 1.54) is 5.56 Å². The molecule has 4 rings (SSSR count). The Hall–Kier alpha value is -2.37. The number of benzene rings is 2. The zero-order valence-electron chi connectivity index (χ0n) is 14.6. The zero-order valence-corrected chi connectivity index (χ0v) is 15.3. The molecule has 134 valence electrons. The number of nitrogens with zero attached hydrogens (tertiary/aromatic N) is 3. The van der Waals surface area contributed by atoms with Crippen molar-refractivity contribution in [3.8, 4) is 17.1 Å². The van der Waals surface area contributed by atoms with Crippen LogP contribution >= 0.6 is 11.6 Å². The Morgan fingerprint density at radius 3 is 2.77 bits per heavy atom. The first-order valence-electron chi connectivity index (χ1n) is 8.70. The summed E-state index contributed by atoms with van der Waals surface area (Å²) >= 11 is 6.22. The molecular formula is C20H20ClN3O2. The van der Waals surface area contributed by atoms with Crippen LogP contribution < -0.4 is 4.74 Å². The second kappa shape index (κ2) is 7.48. The van der Waals surface area contributed by atoms with Crippen LogP contribution in [0.4, 0.5) is 0 Å². The first kappa shape index (κ1) is 17.1. The van der Waals surface area contributed by atoms with E-state index < -0.39 is 0 Å². The third kappa shape index (κ3) is 3.45. The van der Waals surface area contributed by atoms with Crippen molar-refractivity contribution in [2.75, 3.05) is 13.7 Å². The van der Waals surface area contributed by atoms with Gasteiger partial charge in [-0.05, 0) is 49.2 Å². The van der Waals surface area contributed by atoms with E-state index in [2.05, 4.69) is 27.2 Å². The van der Waals surface area contributed by atoms with E-state index in [9.17, 15) is 0 Å². The van der Waals surface area contributed by atoms with Gasteiger partial charge in [0.25, 0.3) is 0 Å². The summed E-state index contributed by atoms with van der Waals surface area (Å²) in [6, 6.07) is 16.2. The van der Waals surface area contributed by atoms with E-state index in [1.807, 2.05) is 36.4 Å². The Morgan fingerprint density at radius 1 is 1.19 bits per heavy atom. The molecule has 2 aromatic carbocycles. The SMILES string of the molecule is COc1ccc([C@H]2CCCN2Cc2nc(-c3ccccc3Cl)no2)cc1. The Balaban J connectivity index is 1.50. The third-order valence-electron chi connectivity index (χ3n) is 4.79. The van der Waals surface area contributed by atoms with Gasteiger partial charge in [0, 0.05) is 11.6 Å². The molecule has 0 amide bonds. The van der Waals surface area contributed by atoms with E-state index >= 15 is 0 Å². The smallest absolute Gasteiger partial charge is 0.241 e. The van der Waals surface area contributed by atoms with Gasteiger partial charge in [-0.1, -0.05) is 41.0 Å². The molecule has 1 fully saturated rings. The van der Waals surface area contributed by atoms with E-state index in [0.717, 1.165) is 30.7 Å². The molecule has 0 unspecified atom stereocenters. The quantitative estimate of drug-likeness (QED) is 0.650. The predicted molar refractivity (Wildman–Crippen MR) is 100 cm³/mol. The number of methoxy groups -OCH3 is 1.